The lowest BCUT2D eigenvalue weighted by atomic mass is 9.94. The quantitative estimate of drug-likeness (QED) is 0.662. The minimum atomic E-state index is 0.0712. The third kappa shape index (κ3) is 5.81. The van der Waals surface area contributed by atoms with Gasteiger partial charge in [0.15, 0.2) is 0 Å². The minimum absolute atomic E-state index is 0.0712. The smallest absolute Gasteiger partial charge is 0.134 e. The molecule has 0 bridgehead atoms. The average molecular weight is 185 g/mol. The van der Waals surface area contributed by atoms with Gasteiger partial charge in [0.1, 0.15) is 5.78 Å². The van der Waals surface area contributed by atoms with Gasteiger partial charge in [-0.2, -0.15) is 0 Å². The first-order valence-corrected chi connectivity index (χ1v) is 5.41. The summed E-state index contributed by atoms with van der Waals surface area (Å²) in [5.41, 5.74) is 5.71. The molecule has 0 aromatic heterocycles. The van der Waals surface area contributed by atoms with Crippen molar-refractivity contribution < 1.29 is 4.79 Å². The van der Waals surface area contributed by atoms with Crippen molar-refractivity contribution in [2.45, 2.75) is 58.9 Å². The van der Waals surface area contributed by atoms with Gasteiger partial charge in [0, 0.05) is 18.9 Å². The second-order valence-electron chi connectivity index (χ2n) is 3.80. The molecule has 1 unspecified atom stereocenters. The van der Waals surface area contributed by atoms with E-state index in [9.17, 15) is 4.79 Å². The van der Waals surface area contributed by atoms with Gasteiger partial charge in [-0.3, -0.25) is 4.79 Å². The zero-order valence-corrected chi connectivity index (χ0v) is 9.18. The molecular formula is C11H23NO. The summed E-state index contributed by atoms with van der Waals surface area (Å²) in [5, 5.41) is 0. The first-order valence-electron chi connectivity index (χ1n) is 5.41. The highest BCUT2D eigenvalue weighted by molar-refractivity contribution is 5.79. The molecule has 0 saturated heterocycles. The lowest BCUT2D eigenvalue weighted by Crippen LogP contribution is -2.23. The van der Waals surface area contributed by atoms with E-state index >= 15 is 0 Å². The van der Waals surface area contributed by atoms with Crippen LogP contribution < -0.4 is 5.73 Å². The van der Waals surface area contributed by atoms with Gasteiger partial charge in [0.05, 0.1) is 0 Å². The third-order valence-electron chi connectivity index (χ3n) is 2.69. The van der Waals surface area contributed by atoms with Crippen molar-refractivity contribution in [3.63, 3.8) is 0 Å². The van der Waals surface area contributed by atoms with Crippen molar-refractivity contribution >= 4 is 5.78 Å². The topological polar surface area (TPSA) is 43.1 Å². The van der Waals surface area contributed by atoms with Crippen LogP contribution in [-0.4, -0.2) is 11.8 Å². The Kier molecular flexibility index (Phi) is 6.87. The van der Waals surface area contributed by atoms with Crippen LogP contribution in [0, 0.1) is 5.92 Å². The SMILES string of the molecule is CCC(N)CC(=O)CC(CC)CC. The van der Waals surface area contributed by atoms with E-state index in [1.165, 1.54) is 0 Å². The summed E-state index contributed by atoms with van der Waals surface area (Å²) in [6, 6.07) is 0.0712. The van der Waals surface area contributed by atoms with Crippen molar-refractivity contribution in [2.75, 3.05) is 0 Å². The molecule has 78 valence electrons. The zero-order chi connectivity index (χ0) is 10.3. The maximum atomic E-state index is 11.5. The maximum Gasteiger partial charge on any atom is 0.134 e. The Morgan fingerprint density at radius 3 is 2.00 bits per heavy atom. The van der Waals surface area contributed by atoms with E-state index in [1.807, 2.05) is 6.92 Å². The lowest BCUT2D eigenvalue weighted by molar-refractivity contribution is -0.120. The number of hydrogen-bond acceptors (Lipinski definition) is 2. The van der Waals surface area contributed by atoms with E-state index in [0.29, 0.717) is 18.1 Å². The summed E-state index contributed by atoms with van der Waals surface area (Å²) in [6.07, 6.45) is 4.38. The second-order valence-corrected chi connectivity index (χ2v) is 3.80. The highest BCUT2D eigenvalue weighted by Crippen LogP contribution is 2.14. The number of nitrogens with two attached hydrogens (primary N) is 1. The van der Waals surface area contributed by atoms with Crippen LogP contribution in [0.3, 0.4) is 0 Å². The lowest BCUT2D eigenvalue weighted by Gasteiger charge is -2.12. The molecule has 0 amide bonds. The predicted octanol–water partition coefficient (Wildman–Crippen LogP) is 2.51. The van der Waals surface area contributed by atoms with Crippen molar-refractivity contribution in [3.8, 4) is 0 Å². The Morgan fingerprint density at radius 1 is 1.08 bits per heavy atom. The monoisotopic (exact) mass is 185 g/mol. The van der Waals surface area contributed by atoms with Crippen molar-refractivity contribution in [1.82, 2.24) is 0 Å². The zero-order valence-electron chi connectivity index (χ0n) is 9.18. The highest BCUT2D eigenvalue weighted by Gasteiger charge is 2.12. The van der Waals surface area contributed by atoms with E-state index in [-0.39, 0.29) is 6.04 Å². The van der Waals surface area contributed by atoms with Crippen molar-refractivity contribution in [2.24, 2.45) is 11.7 Å². The van der Waals surface area contributed by atoms with Gasteiger partial charge < -0.3 is 5.73 Å². The molecule has 0 aliphatic carbocycles. The van der Waals surface area contributed by atoms with Crippen LogP contribution in [0.2, 0.25) is 0 Å². The molecule has 0 spiro atoms. The summed E-state index contributed by atoms with van der Waals surface area (Å²) in [6.45, 7) is 6.30. The molecule has 2 N–H and O–H groups in total. The first-order chi connectivity index (χ1) is 6.13. The van der Waals surface area contributed by atoms with Crippen LogP contribution in [0.1, 0.15) is 52.9 Å². The normalized spacial score (nSPS) is 13.3. The Balaban J connectivity index is 3.72. The third-order valence-corrected chi connectivity index (χ3v) is 2.69. The van der Waals surface area contributed by atoms with Crippen LogP contribution >= 0.6 is 0 Å². The summed E-state index contributed by atoms with van der Waals surface area (Å²) in [7, 11) is 0. The molecule has 0 aromatic carbocycles. The number of carbonyl (C=O) groups excluding carboxylic acids is 1. The van der Waals surface area contributed by atoms with Crippen LogP contribution in [0.25, 0.3) is 0 Å². The molecule has 0 aliphatic rings. The Hall–Kier alpha value is -0.370. The number of hydrogen-bond donors (Lipinski definition) is 1. The Labute approximate surface area is 81.9 Å². The molecule has 1 atom stereocenters. The molecule has 0 saturated carbocycles. The predicted molar refractivity (Wildman–Crippen MR) is 56.6 cm³/mol. The molecule has 0 radical (unpaired) electrons. The first kappa shape index (κ1) is 12.6. The number of carbonyl (C=O) groups is 1. The molecule has 13 heavy (non-hydrogen) atoms. The summed E-state index contributed by atoms with van der Waals surface area (Å²) in [4.78, 5) is 11.5. The summed E-state index contributed by atoms with van der Waals surface area (Å²) < 4.78 is 0. The number of rotatable bonds is 7. The molecule has 2 nitrogen and oxygen atoms in total. The standard InChI is InChI=1S/C11H23NO/c1-4-9(5-2)7-11(13)8-10(12)6-3/h9-10H,4-8,12H2,1-3H3. The van der Waals surface area contributed by atoms with E-state index in [4.69, 9.17) is 5.73 Å². The second kappa shape index (κ2) is 7.07. The summed E-state index contributed by atoms with van der Waals surface area (Å²) >= 11 is 0. The maximum absolute atomic E-state index is 11.5. The molecule has 0 rings (SSSR count). The van der Waals surface area contributed by atoms with E-state index < -0.39 is 0 Å². The van der Waals surface area contributed by atoms with E-state index in [2.05, 4.69) is 13.8 Å². The average Bonchev–Trinajstić information content (AvgIpc) is 2.13. The van der Waals surface area contributed by atoms with Crippen LogP contribution in [0.4, 0.5) is 0 Å². The van der Waals surface area contributed by atoms with Gasteiger partial charge in [-0.1, -0.05) is 33.6 Å². The largest absolute Gasteiger partial charge is 0.327 e. The van der Waals surface area contributed by atoms with Crippen LogP contribution in [-0.2, 0) is 4.79 Å². The summed E-state index contributed by atoms with van der Waals surface area (Å²) in [5.74, 6) is 0.902. The Bertz CT molecular complexity index is 141. The van der Waals surface area contributed by atoms with E-state index in [0.717, 1.165) is 25.7 Å². The van der Waals surface area contributed by atoms with Gasteiger partial charge in [0.25, 0.3) is 0 Å². The fraction of sp³-hybridized carbons (Fsp3) is 0.909. The van der Waals surface area contributed by atoms with Crippen LogP contribution in [0.5, 0.6) is 0 Å². The van der Waals surface area contributed by atoms with Gasteiger partial charge in [-0.15, -0.1) is 0 Å². The van der Waals surface area contributed by atoms with Crippen molar-refractivity contribution in [3.05, 3.63) is 0 Å². The van der Waals surface area contributed by atoms with Crippen LogP contribution in [0.15, 0.2) is 0 Å². The highest BCUT2D eigenvalue weighted by atomic mass is 16.1. The van der Waals surface area contributed by atoms with E-state index in [1.54, 1.807) is 0 Å². The number of ketones is 1. The van der Waals surface area contributed by atoms with Gasteiger partial charge in [0.2, 0.25) is 0 Å². The molecular weight excluding hydrogens is 162 g/mol. The molecule has 2 heteroatoms. The molecule has 0 fully saturated rings. The van der Waals surface area contributed by atoms with Gasteiger partial charge in [-0.25, -0.2) is 0 Å². The van der Waals surface area contributed by atoms with Gasteiger partial charge >= 0.3 is 0 Å². The fourth-order valence-electron chi connectivity index (χ4n) is 1.42. The molecule has 0 aromatic rings. The number of Topliss-reactive ketones (excluding diaryl/α,β-unsaturated/α-hetero) is 1. The minimum Gasteiger partial charge on any atom is -0.327 e. The molecule has 0 aliphatic heterocycles. The molecule has 0 heterocycles. The van der Waals surface area contributed by atoms with Crippen molar-refractivity contribution in [1.29, 1.82) is 0 Å². The Morgan fingerprint density at radius 2 is 1.62 bits per heavy atom. The fourth-order valence-corrected chi connectivity index (χ4v) is 1.42. The van der Waals surface area contributed by atoms with Gasteiger partial charge in [-0.05, 0) is 12.3 Å².